The summed E-state index contributed by atoms with van der Waals surface area (Å²) in [6.07, 6.45) is 2.55. The Labute approximate surface area is 147 Å². The van der Waals surface area contributed by atoms with Gasteiger partial charge in [0.1, 0.15) is 0 Å². The molecule has 130 valence electrons. The Balaban J connectivity index is 1.59. The first kappa shape index (κ1) is 17.2. The molecule has 0 aliphatic carbocycles. The van der Waals surface area contributed by atoms with Crippen molar-refractivity contribution in [3.63, 3.8) is 0 Å². The lowest BCUT2D eigenvalue weighted by Gasteiger charge is -2.14. The minimum absolute atomic E-state index is 0.168. The second-order valence-corrected chi connectivity index (χ2v) is 6.20. The summed E-state index contributed by atoms with van der Waals surface area (Å²) in [5.41, 5.74) is 2.92. The number of amides is 1. The molecule has 2 aromatic carbocycles. The van der Waals surface area contributed by atoms with Gasteiger partial charge in [0.2, 0.25) is 0 Å². The summed E-state index contributed by atoms with van der Waals surface area (Å²) >= 11 is 0. The van der Waals surface area contributed by atoms with E-state index in [1.807, 2.05) is 24.3 Å². The highest BCUT2D eigenvalue weighted by Crippen LogP contribution is 2.15. The number of carbonyl (C=O) groups excluding carboxylic acids is 2. The van der Waals surface area contributed by atoms with E-state index in [1.165, 1.54) is 25.5 Å². The number of carbonyl (C=O) groups is 2. The van der Waals surface area contributed by atoms with Crippen LogP contribution in [0.1, 0.15) is 39.1 Å². The highest BCUT2D eigenvalue weighted by atomic mass is 16.5. The number of methoxy groups -OCH3 is 1. The van der Waals surface area contributed by atoms with Gasteiger partial charge in [-0.15, -0.1) is 0 Å². The summed E-state index contributed by atoms with van der Waals surface area (Å²) in [7, 11) is 1.34. The number of rotatable bonds is 5. The fourth-order valence-electron chi connectivity index (χ4n) is 2.97. The first-order valence-corrected chi connectivity index (χ1v) is 8.47. The Morgan fingerprint density at radius 1 is 0.960 bits per heavy atom. The third-order valence-corrected chi connectivity index (χ3v) is 4.38. The van der Waals surface area contributed by atoms with Gasteiger partial charge in [0.05, 0.1) is 12.7 Å². The van der Waals surface area contributed by atoms with Crippen molar-refractivity contribution in [2.75, 3.05) is 25.5 Å². The highest BCUT2D eigenvalue weighted by Gasteiger charge is 2.12. The van der Waals surface area contributed by atoms with E-state index < -0.39 is 5.97 Å². The van der Waals surface area contributed by atoms with Gasteiger partial charge in [-0.2, -0.15) is 0 Å². The second kappa shape index (κ2) is 7.94. The van der Waals surface area contributed by atoms with E-state index in [2.05, 4.69) is 15.0 Å². The van der Waals surface area contributed by atoms with Crippen LogP contribution in [0, 0.1) is 0 Å². The van der Waals surface area contributed by atoms with Crippen molar-refractivity contribution < 1.29 is 14.3 Å². The third kappa shape index (κ3) is 4.45. The Kier molecular flexibility index (Phi) is 5.46. The predicted octanol–water partition coefficient (Wildman–Crippen LogP) is 3.32. The summed E-state index contributed by atoms with van der Waals surface area (Å²) in [5, 5.41) is 2.83. The van der Waals surface area contributed by atoms with Crippen LogP contribution in [0.25, 0.3) is 0 Å². The molecule has 1 amide bonds. The minimum Gasteiger partial charge on any atom is -0.465 e. The van der Waals surface area contributed by atoms with Crippen molar-refractivity contribution in [2.45, 2.75) is 19.4 Å². The van der Waals surface area contributed by atoms with Crippen LogP contribution >= 0.6 is 0 Å². The Bertz CT molecular complexity index is 733. The summed E-state index contributed by atoms with van der Waals surface area (Å²) in [6, 6.07) is 14.3. The lowest BCUT2D eigenvalue weighted by atomic mass is 10.1. The maximum atomic E-state index is 12.3. The number of esters is 1. The summed E-state index contributed by atoms with van der Waals surface area (Å²) < 4.78 is 4.66. The summed E-state index contributed by atoms with van der Waals surface area (Å²) in [4.78, 5) is 26.2. The SMILES string of the molecule is COC(=O)c1ccc(NC(=O)c2ccc(CN3CCCC3)cc2)cc1. The first-order chi connectivity index (χ1) is 12.2. The van der Waals surface area contributed by atoms with E-state index >= 15 is 0 Å². The van der Waals surface area contributed by atoms with Crippen LogP contribution in [0.4, 0.5) is 5.69 Å². The number of ether oxygens (including phenoxy) is 1. The van der Waals surface area contributed by atoms with Gasteiger partial charge in [-0.1, -0.05) is 12.1 Å². The molecule has 0 aromatic heterocycles. The molecule has 1 N–H and O–H groups in total. The first-order valence-electron chi connectivity index (χ1n) is 8.47. The molecule has 1 heterocycles. The fourth-order valence-corrected chi connectivity index (χ4v) is 2.97. The number of benzene rings is 2. The quantitative estimate of drug-likeness (QED) is 0.850. The van der Waals surface area contributed by atoms with Crippen LogP contribution in [-0.4, -0.2) is 37.0 Å². The van der Waals surface area contributed by atoms with Crippen molar-refractivity contribution in [2.24, 2.45) is 0 Å². The lowest BCUT2D eigenvalue weighted by Crippen LogP contribution is -2.18. The molecule has 5 nitrogen and oxygen atoms in total. The topological polar surface area (TPSA) is 58.6 Å². The number of likely N-dealkylation sites (tertiary alicyclic amines) is 1. The molecule has 0 spiro atoms. The fraction of sp³-hybridized carbons (Fsp3) is 0.300. The molecule has 5 heteroatoms. The Morgan fingerprint density at radius 3 is 2.16 bits per heavy atom. The molecule has 25 heavy (non-hydrogen) atoms. The number of nitrogens with zero attached hydrogens (tertiary/aromatic N) is 1. The van der Waals surface area contributed by atoms with Crippen LogP contribution in [0.2, 0.25) is 0 Å². The molecule has 0 bridgehead atoms. The van der Waals surface area contributed by atoms with Gasteiger partial charge in [0.15, 0.2) is 0 Å². The number of nitrogens with one attached hydrogen (secondary N) is 1. The Hall–Kier alpha value is -2.66. The summed E-state index contributed by atoms with van der Waals surface area (Å²) in [5.74, 6) is -0.565. The minimum atomic E-state index is -0.397. The number of anilines is 1. The summed E-state index contributed by atoms with van der Waals surface area (Å²) in [6.45, 7) is 3.25. The Morgan fingerprint density at radius 2 is 1.56 bits per heavy atom. The van der Waals surface area contributed by atoms with Gasteiger partial charge in [-0.3, -0.25) is 9.69 Å². The van der Waals surface area contributed by atoms with Crippen molar-refractivity contribution in [1.29, 1.82) is 0 Å². The van der Waals surface area contributed by atoms with Gasteiger partial charge >= 0.3 is 5.97 Å². The zero-order chi connectivity index (χ0) is 17.6. The zero-order valence-corrected chi connectivity index (χ0v) is 14.3. The molecule has 1 saturated heterocycles. The van der Waals surface area contributed by atoms with E-state index in [0.717, 1.165) is 19.6 Å². The molecule has 0 atom stereocenters. The average molecular weight is 338 g/mol. The third-order valence-electron chi connectivity index (χ3n) is 4.38. The van der Waals surface area contributed by atoms with Crippen LogP contribution in [-0.2, 0) is 11.3 Å². The largest absolute Gasteiger partial charge is 0.465 e. The maximum Gasteiger partial charge on any atom is 0.337 e. The molecular weight excluding hydrogens is 316 g/mol. The molecule has 0 radical (unpaired) electrons. The maximum absolute atomic E-state index is 12.3. The molecular formula is C20H22N2O3. The molecule has 2 aromatic rings. The van der Waals surface area contributed by atoms with E-state index in [0.29, 0.717) is 16.8 Å². The molecule has 1 fully saturated rings. The molecule has 0 saturated carbocycles. The van der Waals surface area contributed by atoms with Gasteiger partial charge in [-0.25, -0.2) is 4.79 Å². The van der Waals surface area contributed by atoms with Crippen LogP contribution in [0.5, 0.6) is 0 Å². The van der Waals surface area contributed by atoms with Crippen LogP contribution in [0.3, 0.4) is 0 Å². The molecule has 1 aliphatic heterocycles. The van der Waals surface area contributed by atoms with Crippen molar-refractivity contribution in [3.8, 4) is 0 Å². The van der Waals surface area contributed by atoms with Gasteiger partial charge < -0.3 is 10.1 Å². The van der Waals surface area contributed by atoms with E-state index in [4.69, 9.17) is 0 Å². The smallest absolute Gasteiger partial charge is 0.337 e. The normalized spacial score (nSPS) is 14.3. The van der Waals surface area contributed by atoms with Crippen molar-refractivity contribution in [1.82, 2.24) is 4.90 Å². The van der Waals surface area contributed by atoms with Gasteiger partial charge in [-0.05, 0) is 67.9 Å². The van der Waals surface area contributed by atoms with E-state index in [1.54, 1.807) is 24.3 Å². The monoisotopic (exact) mass is 338 g/mol. The van der Waals surface area contributed by atoms with E-state index in [9.17, 15) is 9.59 Å². The van der Waals surface area contributed by atoms with Crippen molar-refractivity contribution in [3.05, 3.63) is 65.2 Å². The standard InChI is InChI=1S/C20H22N2O3/c1-25-20(24)17-8-10-18(11-9-17)21-19(23)16-6-4-15(5-7-16)14-22-12-2-3-13-22/h4-11H,2-3,12-14H2,1H3,(H,21,23). The van der Waals surface area contributed by atoms with Crippen molar-refractivity contribution >= 4 is 17.6 Å². The molecule has 0 unspecified atom stereocenters. The second-order valence-electron chi connectivity index (χ2n) is 6.20. The lowest BCUT2D eigenvalue weighted by molar-refractivity contribution is 0.0600. The van der Waals surface area contributed by atoms with Gasteiger partial charge in [0.25, 0.3) is 5.91 Å². The van der Waals surface area contributed by atoms with Crippen LogP contribution < -0.4 is 5.32 Å². The predicted molar refractivity (Wildman–Crippen MR) is 96.7 cm³/mol. The number of hydrogen-bond donors (Lipinski definition) is 1. The van der Waals surface area contributed by atoms with E-state index in [-0.39, 0.29) is 5.91 Å². The van der Waals surface area contributed by atoms with Crippen LogP contribution in [0.15, 0.2) is 48.5 Å². The number of hydrogen-bond acceptors (Lipinski definition) is 4. The highest BCUT2D eigenvalue weighted by molar-refractivity contribution is 6.04. The molecule has 1 aliphatic rings. The molecule has 3 rings (SSSR count). The average Bonchev–Trinajstić information content (AvgIpc) is 3.15. The van der Waals surface area contributed by atoms with Gasteiger partial charge in [0, 0.05) is 17.8 Å². The zero-order valence-electron chi connectivity index (χ0n) is 14.3.